The third kappa shape index (κ3) is 4.59. The van der Waals surface area contributed by atoms with Crippen LogP contribution in [0.5, 0.6) is 0 Å². The average Bonchev–Trinajstić information content (AvgIpc) is 2.42. The highest BCUT2D eigenvalue weighted by atomic mass is 16.6. The number of hydrogen-bond donors (Lipinski definition) is 3. The molecule has 112 valence electrons. The number of nitro groups is 1. The Balaban J connectivity index is 2.60. The molecule has 0 saturated carbocycles. The lowest BCUT2D eigenvalue weighted by Gasteiger charge is -2.20. The second-order valence-corrected chi connectivity index (χ2v) is 4.68. The van der Waals surface area contributed by atoms with Gasteiger partial charge in [-0.05, 0) is 33.9 Å². The molecule has 0 radical (unpaired) electrons. The first-order valence-electron chi connectivity index (χ1n) is 6.38. The fraction of sp³-hybridized carbons (Fsp3) is 0.636. The molecule has 0 atom stereocenters. The first kappa shape index (κ1) is 16.1. The van der Waals surface area contributed by atoms with Crippen LogP contribution in [0, 0.1) is 10.1 Å². The van der Waals surface area contributed by atoms with Gasteiger partial charge in [0.15, 0.2) is 0 Å². The summed E-state index contributed by atoms with van der Waals surface area (Å²) < 4.78 is 0. The van der Waals surface area contributed by atoms with Gasteiger partial charge in [0.2, 0.25) is 11.8 Å². The summed E-state index contributed by atoms with van der Waals surface area (Å²) in [4.78, 5) is 20.2. The predicted molar refractivity (Wildman–Crippen MR) is 77.4 cm³/mol. The third-order valence-electron chi connectivity index (χ3n) is 2.96. The van der Waals surface area contributed by atoms with Crippen LogP contribution < -0.4 is 16.6 Å². The van der Waals surface area contributed by atoms with Gasteiger partial charge in [0.05, 0.1) is 4.92 Å². The van der Waals surface area contributed by atoms with Gasteiger partial charge in [-0.15, -0.1) is 0 Å². The quantitative estimate of drug-likeness (QED) is 0.277. The number of rotatable bonds is 8. The Morgan fingerprint density at radius 1 is 1.55 bits per heavy atom. The lowest BCUT2D eigenvalue weighted by atomic mass is 10.3. The summed E-state index contributed by atoms with van der Waals surface area (Å²) in [6.45, 7) is 5.70. The van der Waals surface area contributed by atoms with Crippen molar-refractivity contribution in [3.8, 4) is 0 Å². The summed E-state index contributed by atoms with van der Waals surface area (Å²) in [5.74, 6) is 5.50. The van der Waals surface area contributed by atoms with Crippen LogP contribution in [-0.4, -0.2) is 46.0 Å². The van der Waals surface area contributed by atoms with Crippen LogP contribution in [0.25, 0.3) is 0 Å². The number of nitrogens with two attached hydrogens (primary N) is 1. The molecule has 1 aromatic rings. The number of hydrogen-bond acceptors (Lipinski definition) is 8. The van der Waals surface area contributed by atoms with E-state index in [0.29, 0.717) is 12.6 Å². The summed E-state index contributed by atoms with van der Waals surface area (Å²) in [5.41, 5.74) is 2.10. The molecular formula is C11H21N7O2. The van der Waals surface area contributed by atoms with Gasteiger partial charge in [0.1, 0.15) is 6.20 Å². The first-order valence-corrected chi connectivity index (χ1v) is 6.38. The van der Waals surface area contributed by atoms with E-state index in [1.165, 1.54) is 0 Å². The predicted octanol–water partition coefficient (Wildman–Crippen LogP) is 0.813. The maximum absolute atomic E-state index is 10.9. The van der Waals surface area contributed by atoms with E-state index in [2.05, 4.69) is 39.5 Å². The Labute approximate surface area is 117 Å². The molecule has 0 saturated heterocycles. The largest absolute Gasteiger partial charge is 0.364 e. The minimum atomic E-state index is -0.525. The van der Waals surface area contributed by atoms with Crippen molar-refractivity contribution in [3.63, 3.8) is 0 Å². The van der Waals surface area contributed by atoms with Crippen molar-refractivity contribution in [2.24, 2.45) is 5.84 Å². The van der Waals surface area contributed by atoms with E-state index >= 15 is 0 Å². The van der Waals surface area contributed by atoms with Gasteiger partial charge in [0.25, 0.3) is 0 Å². The number of anilines is 2. The fourth-order valence-electron chi connectivity index (χ4n) is 1.50. The summed E-state index contributed by atoms with van der Waals surface area (Å²) in [5, 5.41) is 13.8. The van der Waals surface area contributed by atoms with E-state index in [9.17, 15) is 10.1 Å². The topological polar surface area (TPSA) is 122 Å². The monoisotopic (exact) mass is 283 g/mol. The minimum absolute atomic E-state index is 0.136. The lowest BCUT2D eigenvalue weighted by Crippen LogP contribution is -2.28. The molecule has 0 aliphatic carbocycles. The maximum Gasteiger partial charge on any atom is 0.329 e. The van der Waals surface area contributed by atoms with Crippen LogP contribution in [0.15, 0.2) is 6.20 Å². The highest BCUT2D eigenvalue weighted by Crippen LogP contribution is 2.21. The highest BCUT2D eigenvalue weighted by molar-refractivity contribution is 5.56. The Morgan fingerprint density at radius 2 is 2.25 bits per heavy atom. The molecule has 0 aromatic carbocycles. The second-order valence-electron chi connectivity index (χ2n) is 4.68. The first-order chi connectivity index (χ1) is 9.45. The Hall–Kier alpha value is -2.00. The number of nitrogens with zero attached hydrogens (tertiary/aromatic N) is 4. The third-order valence-corrected chi connectivity index (χ3v) is 2.96. The van der Waals surface area contributed by atoms with E-state index in [0.717, 1.165) is 19.2 Å². The molecule has 0 aliphatic heterocycles. The summed E-state index contributed by atoms with van der Waals surface area (Å²) in [6, 6.07) is 0.469. The molecule has 0 amide bonds. The van der Waals surface area contributed by atoms with Gasteiger partial charge in [-0.25, -0.2) is 10.8 Å². The Bertz CT molecular complexity index is 452. The molecule has 0 spiro atoms. The number of nitrogens with one attached hydrogen (secondary N) is 2. The van der Waals surface area contributed by atoms with Crippen molar-refractivity contribution in [2.75, 3.05) is 30.9 Å². The van der Waals surface area contributed by atoms with Crippen LogP contribution >= 0.6 is 0 Å². The zero-order chi connectivity index (χ0) is 15.1. The van der Waals surface area contributed by atoms with E-state index in [1.807, 2.05) is 7.05 Å². The second kappa shape index (κ2) is 7.56. The molecule has 1 aromatic heterocycles. The molecule has 20 heavy (non-hydrogen) atoms. The number of aromatic nitrogens is 2. The molecule has 0 aliphatic rings. The van der Waals surface area contributed by atoms with Gasteiger partial charge in [0, 0.05) is 12.6 Å². The molecule has 0 bridgehead atoms. The van der Waals surface area contributed by atoms with E-state index in [-0.39, 0.29) is 17.5 Å². The van der Waals surface area contributed by atoms with Crippen molar-refractivity contribution < 1.29 is 4.92 Å². The maximum atomic E-state index is 10.9. The van der Waals surface area contributed by atoms with Crippen molar-refractivity contribution in [1.82, 2.24) is 14.9 Å². The Morgan fingerprint density at radius 3 is 2.80 bits per heavy atom. The van der Waals surface area contributed by atoms with Gasteiger partial charge in [-0.3, -0.25) is 15.5 Å². The van der Waals surface area contributed by atoms with E-state index in [4.69, 9.17) is 5.84 Å². The van der Waals surface area contributed by atoms with Crippen LogP contribution in [0.4, 0.5) is 17.5 Å². The van der Waals surface area contributed by atoms with Gasteiger partial charge in [-0.2, -0.15) is 4.98 Å². The van der Waals surface area contributed by atoms with Crippen molar-refractivity contribution >= 4 is 17.5 Å². The molecule has 9 heteroatoms. The summed E-state index contributed by atoms with van der Waals surface area (Å²) in [6.07, 6.45) is 1.98. The number of nitrogen functional groups attached to an aromatic ring is 1. The molecular weight excluding hydrogens is 262 g/mol. The SMILES string of the molecule is CC(C)N(C)CCCNc1nc(NN)ncc1[N+](=O)[O-]. The van der Waals surface area contributed by atoms with E-state index < -0.39 is 4.92 Å². The zero-order valence-electron chi connectivity index (χ0n) is 12.0. The lowest BCUT2D eigenvalue weighted by molar-refractivity contribution is -0.384. The van der Waals surface area contributed by atoms with Crippen LogP contribution in [0.3, 0.4) is 0 Å². The normalized spacial score (nSPS) is 10.9. The van der Waals surface area contributed by atoms with Crippen molar-refractivity contribution in [2.45, 2.75) is 26.3 Å². The smallest absolute Gasteiger partial charge is 0.329 e. The van der Waals surface area contributed by atoms with Crippen LogP contribution in [0.1, 0.15) is 20.3 Å². The molecule has 0 unspecified atom stereocenters. The van der Waals surface area contributed by atoms with Gasteiger partial charge < -0.3 is 10.2 Å². The van der Waals surface area contributed by atoms with E-state index in [1.54, 1.807) is 0 Å². The zero-order valence-corrected chi connectivity index (χ0v) is 12.0. The summed E-state index contributed by atoms with van der Waals surface area (Å²) >= 11 is 0. The van der Waals surface area contributed by atoms with Gasteiger partial charge >= 0.3 is 5.69 Å². The molecule has 4 N–H and O–H groups in total. The molecule has 1 heterocycles. The highest BCUT2D eigenvalue weighted by Gasteiger charge is 2.16. The standard InChI is InChI=1S/C11H21N7O2/c1-8(2)17(3)6-4-5-13-10-9(18(19)20)7-14-11(15-10)16-12/h7-8H,4-6,12H2,1-3H3,(H2,13,14,15,16). The minimum Gasteiger partial charge on any atom is -0.364 e. The summed E-state index contributed by atoms with van der Waals surface area (Å²) in [7, 11) is 2.04. The fourth-order valence-corrected chi connectivity index (χ4v) is 1.50. The molecule has 1 rings (SSSR count). The van der Waals surface area contributed by atoms with Gasteiger partial charge in [-0.1, -0.05) is 0 Å². The van der Waals surface area contributed by atoms with Crippen molar-refractivity contribution in [1.29, 1.82) is 0 Å². The number of hydrazine groups is 1. The molecule has 9 nitrogen and oxygen atoms in total. The van der Waals surface area contributed by atoms with Crippen LogP contribution in [-0.2, 0) is 0 Å². The van der Waals surface area contributed by atoms with Crippen molar-refractivity contribution in [3.05, 3.63) is 16.3 Å². The molecule has 0 fully saturated rings. The Kier molecular flexibility index (Phi) is 6.07. The van der Waals surface area contributed by atoms with Crippen LogP contribution in [0.2, 0.25) is 0 Å². The average molecular weight is 283 g/mol.